The molecule has 2 amide bonds. The lowest BCUT2D eigenvalue weighted by atomic mass is 10.2. The van der Waals surface area contributed by atoms with Crippen molar-refractivity contribution in [3.05, 3.63) is 53.3 Å². The molecule has 0 aliphatic carbocycles. The predicted molar refractivity (Wildman–Crippen MR) is 95.7 cm³/mol. The lowest BCUT2D eigenvalue weighted by Gasteiger charge is -2.08. The zero-order chi connectivity index (χ0) is 17.6. The number of carbonyl (C=O) groups excluding carboxylic acids is 2. The molecule has 128 valence electrons. The number of pyridine rings is 1. The summed E-state index contributed by atoms with van der Waals surface area (Å²) in [6.07, 6.45) is 1.01. The molecule has 3 aromatic rings. The lowest BCUT2D eigenvalue weighted by molar-refractivity contribution is 0.102. The fourth-order valence-corrected chi connectivity index (χ4v) is 2.86. The summed E-state index contributed by atoms with van der Waals surface area (Å²) in [7, 11) is 0. The van der Waals surface area contributed by atoms with Crippen LogP contribution in [-0.2, 0) is 11.3 Å². The second-order valence-corrected chi connectivity index (χ2v) is 5.99. The minimum absolute atomic E-state index is 0.185. The Balaban J connectivity index is 1.67. The molecule has 0 fully saturated rings. The van der Waals surface area contributed by atoms with Crippen LogP contribution in [0.15, 0.2) is 42.0 Å². The van der Waals surface area contributed by atoms with E-state index >= 15 is 0 Å². The van der Waals surface area contributed by atoms with Crippen molar-refractivity contribution >= 4 is 39.2 Å². The van der Waals surface area contributed by atoms with Crippen molar-refractivity contribution in [1.82, 2.24) is 15.3 Å². The number of thiazole rings is 1. The highest BCUT2D eigenvalue weighted by molar-refractivity contribution is 7.16. The molecule has 0 aliphatic heterocycles. The molecule has 0 atom stereocenters. The third-order valence-electron chi connectivity index (χ3n) is 3.36. The molecular formula is C17H16N4O3S. The number of amides is 2. The average molecular weight is 356 g/mol. The Morgan fingerprint density at radius 1 is 1.20 bits per heavy atom. The number of hydrogen-bond acceptors (Lipinski definition) is 6. The van der Waals surface area contributed by atoms with Crippen molar-refractivity contribution in [2.75, 3.05) is 11.9 Å². The molecule has 1 aromatic carbocycles. The van der Waals surface area contributed by atoms with Crippen LogP contribution in [-0.4, -0.2) is 28.6 Å². The molecule has 2 N–H and O–H groups in total. The molecule has 8 heteroatoms. The van der Waals surface area contributed by atoms with E-state index in [1.165, 1.54) is 6.20 Å². The van der Waals surface area contributed by atoms with E-state index in [0.29, 0.717) is 23.6 Å². The maximum atomic E-state index is 12.4. The fourth-order valence-electron chi connectivity index (χ4n) is 2.20. The Morgan fingerprint density at radius 3 is 2.92 bits per heavy atom. The zero-order valence-corrected chi connectivity index (χ0v) is 14.3. The van der Waals surface area contributed by atoms with Crippen LogP contribution >= 0.6 is 11.3 Å². The molecule has 2 heterocycles. The van der Waals surface area contributed by atoms with E-state index in [0.717, 1.165) is 10.2 Å². The van der Waals surface area contributed by atoms with Gasteiger partial charge >= 0.3 is 6.09 Å². The van der Waals surface area contributed by atoms with Crippen LogP contribution in [0.4, 0.5) is 10.5 Å². The number of fused-ring (bicyclic) bond motifs is 1. The number of alkyl carbamates (subject to hydrolysis) is 1. The van der Waals surface area contributed by atoms with E-state index in [9.17, 15) is 9.59 Å². The van der Waals surface area contributed by atoms with E-state index in [4.69, 9.17) is 4.74 Å². The van der Waals surface area contributed by atoms with E-state index < -0.39 is 6.09 Å². The van der Waals surface area contributed by atoms with Gasteiger partial charge in [-0.2, -0.15) is 0 Å². The Labute approximate surface area is 148 Å². The lowest BCUT2D eigenvalue weighted by Crippen LogP contribution is -2.24. The van der Waals surface area contributed by atoms with Crippen molar-refractivity contribution in [2.24, 2.45) is 0 Å². The van der Waals surface area contributed by atoms with Crippen LogP contribution in [0, 0.1) is 0 Å². The van der Waals surface area contributed by atoms with Crippen LogP contribution in [0.1, 0.15) is 23.0 Å². The smallest absolute Gasteiger partial charge is 0.407 e. The van der Waals surface area contributed by atoms with Gasteiger partial charge in [-0.3, -0.25) is 9.78 Å². The quantitative estimate of drug-likeness (QED) is 0.732. The number of carbonyl (C=O) groups is 2. The van der Waals surface area contributed by atoms with Gasteiger partial charge in [0.1, 0.15) is 0 Å². The second-order valence-electron chi connectivity index (χ2n) is 5.10. The number of anilines is 1. The fraction of sp³-hybridized carbons (Fsp3) is 0.176. The molecule has 0 radical (unpaired) electrons. The van der Waals surface area contributed by atoms with Gasteiger partial charge in [-0.25, -0.2) is 9.78 Å². The third-order valence-corrected chi connectivity index (χ3v) is 4.17. The zero-order valence-electron chi connectivity index (χ0n) is 13.5. The Bertz CT molecular complexity index is 910. The number of nitrogens with zero attached hydrogens (tertiary/aromatic N) is 2. The van der Waals surface area contributed by atoms with Gasteiger partial charge in [0.15, 0.2) is 0 Å². The SMILES string of the molecule is CCOC(=O)NCc1cc(C(=O)Nc2ccc3scnc3c2)ccn1. The van der Waals surface area contributed by atoms with Crippen LogP contribution in [0.2, 0.25) is 0 Å². The molecule has 0 saturated heterocycles. The Kier molecular flexibility index (Phi) is 5.20. The predicted octanol–water partition coefficient (Wildman–Crippen LogP) is 3.19. The van der Waals surface area contributed by atoms with Gasteiger partial charge in [-0.15, -0.1) is 11.3 Å². The summed E-state index contributed by atoms with van der Waals surface area (Å²) < 4.78 is 5.85. The molecule has 25 heavy (non-hydrogen) atoms. The monoisotopic (exact) mass is 356 g/mol. The van der Waals surface area contributed by atoms with Gasteiger partial charge in [-0.1, -0.05) is 0 Å². The van der Waals surface area contributed by atoms with Gasteiger partial charge in [0.25, 0.3) is 5.91 Å². The first-order valence-electron chi connectivity index (χ1n) is 7.66. The topological polar surface area (TPSA) is 93.2 Å². The number of nitrogens with one attached hydrogen (secondary N) is 2. The Morgan fingerprint density at radius 2 is 2.08 bits per heavy atom. The number of rotatable bonds is 5. The molecule has 0 spiro atoms. The average Bonchev–Trinajstić information content (AvgIpc) is 3.08. The number of benzene rings is 1. The molecular weight excluding hydrogens is 340 g/mol. The molecule has 2 aromatic heterocycles. The van der Waals surface area contributed by atoms with Gasteiger partial charge in [0.2, 0.25) is 0 Å². The number of aromatic nitrogens is 2. The van der Waals surface area contributed by atoms with Gasteiger partial charge in [0, 0.05) is 17.4 Å². The first kappa shape index (κ1) is 16.8. The summed E-state index contributed by atoms with van der Waals surface area (Å²) in [6.45, 7) is 2.21. The normalized spacial score (nSPS) is 10.4. The first-order chi connectivity index (χ1) is 12.2. The maximum Gasteiger partial charge on any atom is 0.407 e. The van der Waals surface area contributed by atoms with Crippen molar-refractivity contribution in [1.29, 1.82) is 0 Å². The molecule has 0 bridgehead atoms. The number of hydrogen-bond donors (Lipinski definition) is 2. The summed E-state index contributed by atoms with van der Waals surface area (Å²) in [5, 5.41) is 5.41. The molecule has 0 unspecified atom stereocenters. The van der Waals surface area contributed by atoms with Crippen LogP contribution < -0.4 is 10.6 Å². The summed E-state index contributed by atoms with van der Waals surface area (Å²) in [6, 6.07) is 8.83. The largest absolute Gasteiger partial charge is 0.450 e. The highest BCUT2D eigenvalue weighted by Gasteiger charge is 2.09. The summed E-state index contributed by atoms with van der Waals surface area (Å²) in [5.74, 6) is -0.255. The maximum absolute atomic E-state index is 12.4. The third kappa shape index (κ3) is 4.30. The van der Waals surface area contributed by atoms with Gasteiger partial charge in [-0.05, 0) is 37.3 Å². The van der Waals surface area contributed by atoms with E-state index in [2.05, 4.69) is 20.6 Å². The van der Waals surface area contributed by atoms with Crippen LogP contribution in [0.5, 0.6) is 0 Å². The van der Waals surface area contributed by atoms with Crippen molar-refractivity contribution < 1.29 is 14.3 Å². The van der Waals surface area contributed by atoms with E-state index in [1.54, 1.807) is 35.9 Å². The highest BCUT2D eigenvalue weighted by Crippen LogP contribution is 2.21. The van der Waals surface area contributed by atoms with Crippen LogP contribution in [0.3, 0.4) is 0 Å². The summed E-state index contributed by atoms with van der Waals surface area (Å²) in [4.78, 5) is 32.1. The van der Waals surface area contributed by atoms with Crippen molar-refractivity contribution in [3.8, 4) is 0 Å². The summed E-state index contributed by atoms with van der Waals surface area (Å²) >= 11 is 1.55. The van der Waals surface area contributed by atoms with E-state index in [-0.39, 0.29) is 12.5 Å². The second kappa shape index (κ2) is 7.71. The minimum atomic E-state index is -0.518. The van der Waals surface area contributed by atoms with Crippen molar-refractivity contribution in [2.45, 2.75) is 13.5 Å². The molecule has 3 rings (SSSR count). The molecule has 0 saturated carbocycles. The summed E-state index contributed by atoms with van der Waals surface area (Å²) in [5.41, 5.74) is 4.30. The van der Waals surface area contributed by atoms with Gasteiger partial charge < -0.3 is 15.4 Å². The Hall–Kier alpha value is -3.00. The van der Waals surface area contributed by atoms with Crippen molar-refractivity contribution in [3.63, 3.8) is 0 Å². The standard InChI is InChI=1S/C17H16N4O3S/c1-2-24-17(23)19-9-13-7-11(5-6-18-13)16(22)21-12-3-4-15-14(8-12)20-10-25-15/h3-8,10H,2,9H2,1H3,(H,19,23)(H,21,22). The number of ether oxygens (including phenoxy) is 1. The van der Waals surface area contributed by atoms with Gasteiger partial charge in [0.05, 0.1) is 34.6 Å². The molecule has 7 nitrogen and oxygen atoms in total. The highest BCUT2D eigenvalue weighted by atomic mass is 32.1. The van der Waals surface area contributed by atoms with Crippen LogP contribution in [0.25, 0.3) is 10.2 Å². The molecule has 0 aliphatic rings. The minimum Gasteiger partial charge on any atom is -0.450 e. The van der Waals surface area contributed by atoms with E-state index in [1.807, 2.05) is 18.2 Å². The first-order valence-corrected chi connectivity index (χ1v) is 8.54.